The lowest BCUT2D eigenvalue weighted by atomic mass is 10.2. The van der Waals surface area contributed by atoms with E-state index in [1.54, 1.807) is 11.3 Å². The Morgan fingerprint density at radius 2 is 2.00 bits per heavy atom. The number of hydrogen-bond acceptors (Lipinski definition) is 6. The summed E-state index contributed by atoms with van der Waals surface area (Å²) < 4.78 is 5.31. The minimum atomic E-state index is 0. The first-order valence-corrected chi connectivity index (χ1v) is 8.11. The molecule has 2 aromatic heterocycles. The monoisotopic (exact) mass is 350 g/mol. The quantitative estimate of drug-likeness (QED) is 0.738. The highest BCUT2D eigenvalue weighted by Crippen LogP contribution is 2.22. The molecular weight excluding hydrogens is 332 g/mol. The summed E-state index contributed by atoms with van der Waals surface area (Å²) in [7, 11) is 1.92. The first-order valence-electron chi connectivity index (χ1n) is 7.23. The highest BCUT2D eigenvalue weighted by Gasteiger charge is 2.14. The summed E-state index contributed by atoms with van der Waals surface area (Å²) in [5, 5.41) is 10.2. The van der Waals surface area contributed by atoms with Gasteiger partial charge in [0.1, 0.15) is 5.69 Å². The van der Waals surface area contributed by atoms with E-state index in [0.29, 0.717) is 17.8 Å². The summed E-state index contributed by atoms with van der Waals surface area (Å²) in [6, 6.07) is 10.6. The van der Waals surface area contributed by atoms with Crippen molar-refractivity contribution in [1.82, 2.24) is 20.4 Å². The van der Waals surface area contributed by atoms with E-state index in [4.69, 9.17) is 4.52 Å². The predicted octanol–water partition coefficient (Wildman–Crippen LogP) is 3.36. The third-order valence-corrected chi connectivity index (χ3v) is 4.27. The Morgan fingerprint density at radius 1 is 1.22 bits per heavy atom. The standard InChI is InChI=1S/C16H18N4OS.ClH/c1-11(17-2)8-14-19-16(21-20-14)13-10-22-15(18-13)9-12-6-4-3-5-7-12;/h3-7,10-11,17H,8-9H2,1-2H3;1H. The van der Waals surface area contributed by atoms with Gasteiger partial charge in [-0.3, -0.25) is 0 Å². The van der Waals surface area contributed by atoms with Crippen molar-refractivity contribution in [3.05, 3.63) is 52.1 Å². The zero-order chi connectivity index (χ0) is 15.4. The first kappa shape index (κ1) is 17.6. The van der Waals surface area contributed by atoms with Gasteiger partial charge < -0.3 is 9.84 Å². The Morgan fingerprint density at radius 3 is 2.74 bits per heavy atom. The molecule has 0 aliphatic rings. The lowest BCUT2D eigenvalue weighted by Gasteiger charge is -2.04. The zero-order valence-corrected chi connectivity index (χ0v) is 14.7. The van der Waals surface area contributed by atoms with Crippen molar-refractivity contribution in [1.29, 1.82) is 0 Å². The van der Waals surface area contributed by atoms with Crippen LogP contribution in [0.2, 0.25) is 0 Å². The fourth-order valence-corrected chi connectivity index (χ4v) is 2.88. The summed E-state index contributed by atoms with van der Waals surface area (Å²) in [5.74, 6) is 1.20. The molecule has 3 aromatic rings. The maximum absolute atomic E-state index is 5.31. The van der Waals surface area contributed by atoms with E-state index in [-0.39, 0.29) is 12.4 Å². The molecule has 1 atom stereocenters. The largest absolute Gasteiger partial charge is 0.332 e. The molecule has 0 saturated heterocycles. The fourth-order valence-electron chi connectivity index (χ4n) is 2.08. The molecule has 0 aliphatic heterocycles. The first-order chi connectivity index (χ1) is 10.7. The number of rotatable bonds is 6. The van der Waals surface area contributed by atoms with Gasteiger partial charge in [-0.1, -0.05) is 35.5 Å². The lowest BCUT2D eigenvalue weighted by molar-refractivity contribution is 0.417. The molecule has 5 nitrogen and oxygen atoms in total. The summed E-state index contributed by atoms with van der Waals surface area (Å²) >= 11 is 1.62. The highest BCUT2D eigenvalue weighted by atomic mass is 35.5. The van der Waals surface area contributed by atoms with Crippen LogP contribution in [0, 0.1) is 0 Å². The van der Waals surface area contributed by atoms with Crippen LogP contribution in [0.3, 0.4) is 0 Å². The molecule has 3 rings (SSSR count). The Hall–Kier alpha value is -1.76. The van der Waals surface area contributed by atoms with E-state index in [1.807, 2.05) is 30.6 Å². The average molecular weight is 351 g/mol. The van der Waals surface area contributed by atoms with Gasteiger partial charge in [-0.2, -0.15) is 4.98 Å². The number of thiazole rings is 1. The van der Waals surface area contributed by atoms with Crippen molar-refractivity contribution in [2.45, 2.75) is 25.8 Å². The van der Waals surface area contributed by atoms with E-state index in [9.17, 15) is 0 Å². The highest BCUT2D eigenvalue weighted by molar-refractivity contribution is 7.10. The second kappa shape index (κ2) is 8.19. The van der Waals surface area contributed by atoms with Crippen LogP contribution in [-0.4, -0.2) is 28.2 Å². The van der Waals surface area contributed by atoms with E-state index >= 15 is 0 Å². The van der Waals surface area contributed by atoms with Crippen molar-refractivity contribution in [2.75, 3.05) is 7.05 Å². The molecule has 0 bridgehead atoms. The second-order valence-electron chi connectivity index (χ2n) is 5.20. The van der Waals surface area contributed by atoms with E-state index in [0.717, 1.165) is 23.5 Å². The number of aromatic nitrogens is 3. The van der Waals surface area contributed by atoms with Gasteiger partial charge in [0.25, 0.3) is 5.89 Å². The summed E-state index contributed by atoms with van der Waals surface area (Å²) in [4.78, 5) is 9.01. The van der Waals surface area contributed by atoms with E-state index in [1.165, 1.54) is 5.56 Å². The van der Waals surface area contributed by atoms with Gasteiger partial charge in [0.05, 0.1) is 5.01 Å². The van der Waals surface area contributed by atoms with Gasteiger partial charge in [-0.05, 0) is 19.5 Å². The van der Waals surface area contributed by atoms with Gasteiger partial charge in [0.2, 0.25) is 0 Å². The van der Waals surface area contributed by atoms with Crippen molar-refractivity contribution in [3.8, 4) is 11.6 Å². The normalized spacial score (nSPS) is 11.9. The smallest absolute Gasteiger partial charge is 0.277 e. The zero-order valence-electron chi connectivity index (χ0n) is 13.0. The average Bonchev–Trinajstić information content (AvgIpc) is 3.17. The van der Waals surface area contributed by atoms with Crippen LogP contribution < -0.4 is 5.32 Å². The van der Waals surface area contributed by atoms with Crippen LogP contribution in [-0.2, 0) is 12.8 Å². The fraction of sp³-hybridized carbons (Fsp3) is 0.312. The number of benzene rings is 1. The van der Waals surface area contributed by atoms with Gasteiger partial charge in [0.15, 0.2) is 5.82 Å². The van der Waals surface area contributed by atoms with Crippen molar-refractivity contribution in [2.24, 2.45) is 0 Å². The Balaban J connectivity index is 0.00000192. The Bertz CT molecular complexity index is 729. The number of hydrogen-bond donors (Lipinski definition) is 1. The number of nitrogens with one attached hydrogen (secondary N) is 1. The van der Waals surface area contributed by atoms with Gasteiger partial charge in [-0.15, -0.1) is 23.7 Å². The lowest BCUT2D eigenvalue weighted by Crippen LogP contribution is -2.24. The molecule has 1 aromatic carbocycles. The molecule has 0 amide bonds. The van der Waals surface area contributed by atoms with Crippen molar-refractivity contribution < 1.29 is 4.52 Å². The van der Waals surface area contributed by atoms with Crippen LogP contribution in [0.4, 0.5) is 0 Å². The Labute approximate surface area is 145 Å². The number of nitrogens with zero attached hydrogens (tertiary/aromatic N) is 3. The molecule has 1 unspecified atom stereocenters. The molecule has 1 N–H and O–H groups in total. The second-order valence-corrected chi connectivity index (χ2v) is 6.14. The van der Waals surface area contributed by atoms with Crippen LogP contribution in [0.1, 0.15) is 23.3 Å². The third-order valence-electron chi connectivity index (χ3n) is 3.42. The number of likely N-dealkylation sites (N-methyl/N-ethyl adjacent to an activating group) is 1. The molecule has 0 fully saturated rings. The Kier molecular flexibility index (Phi) is 6.27. The maximum atomic E-state index is 5.31. The molecule has 0 radical (unpaired) electrons. The molecular formula is C16H19ClN4OS. The summed E-state index contributed by atoms with van der Waals surface area (Å²) in [5.41, 5.74) is 2.00. The molecule has 0 aliphatic carbocycles. The van der Waals surface area contributed by atoms with Crippen molar-refractivity contribution in [3.63, 3.8) is 0 Å². The molecule has 2 heterocycles. The summed E-state index contributed by atoms with van der Waals surface area (Å²) in [6.45, 7) is 2.08. The topological polar surface area (TPSA) is 63.8 Å². The van der Waals surface area contributed by atoms with Crippen LogP contribution in [0.5, 0.6) is 0 Å². The predicted molar refractivity (Wildman–Crippen MR) is 94.1 cm³/mol. The van der Waals surface area contributed by atoms with Crippen LogP contribution >= 0.6 is 23.7 Å². The van der Waals surface area contributed by atoms with Gasteiger partial charge in [0, 0.05) is 24.3 Å². The van der Waals surface area contributed by atoms with Gasteiger partial charge in [-0.25, -0.2) is 4.98 Å². The van der Waals surface area contributed by atoms with E-state index < -0.39 is 0 Å². The van der Waals surface area contributed by atoms with Gasteiger partial charge >= 0.3 is 0 Å². The van der Waals surface area contributed by atoms with Crippen LogP contribution in [0.25, 0.3) is 11.6 Å². The SMILES string of the molecule is CNC(C)Cc1noc(-c2csc(Cc3ccccc3)n2)n1.Cl. The summed E-state index contributed by atoms with van der Waals surface area (Å²) in [6.07, 6.45) is 1.56. The molecule has 7 heteroatoms. The molecule has 0 saturated carbocycles. The minimum Gasteiger partial charge on any atom is -0.332 e. The molecule has 0 spiro atoms. The van der Waals surface area contributed by atoms with Crippen molar-refractivity contribution >= 4 is 23.7 Å². The maximum Gasteiger partial charge on any atom is 0.277 e. The molecule has 23 heavy (non-hydrogen) atoms. The number of halogens is 1. The third kappa shape index (κ3) is 4.60. The van der Waals surface area contributed by atoms with Crippen LogP contribution in [0.15, 0.2) is 40.2 Å². The van der Waals surface area contributed by atoms with E-state index in [2.05, 4.69) is 39.5 Å². The molecule has 122 valence electrons. The minimum absolute atomic E-state index is 0.